The van der Waals surface area contributed by atoms with Crippen molar-refractivity contribution in [2.24, 2.45) is 5.73 Å². The lowest BCUT2D eigenvalue weighted by Gasteiger charge is -2.12. The Balaban J connectivity index is 2.51. The molecule has 0 heterocycles. The molecule has 0 aliphatic rings. The van der Waals surface area contributed by atoms with Gasteiger partial charge in [-0.1, -0.05) is 30.3 Å². The first-order valence-electron chi connectivity index (χ1n) is 6.47. The van der Waals surface area contributed by atoms with Crippen molar-refractivity contribution in [3.05, 3.63) is 70.3 Å². The van der Waals surface area contributed by atoms with Crippen molar-refractivity contribution in [1.82, 2.24) is 0 Å². The summed E-state index contributed by atoms with van der Waals surface area (Å²) in [6.07, 6.45) is 0.675. The summed E-state index contributed by atoms with van der Waals surface area (Å²) in [7, 11) is 0. The van der Waals surface area contributed by atoms with Gasteiger partial charge in [0.15, 0.2) is 5.78 Å². The van der Waals surface area contributed by atoms with Crippen molar-refractivity contribution >= 4 is 11.7 Å². The van der Waals surface area contributed by atoms with Crippen molar-refractivity contribution in [3.63, 3.8) is 0 Å². The molecule has 2 aromatic rings. The number of carbonyl (C=O) groups is 2. The van der Waals surface area contributed by atoms with E-state index in [1.54, 1.807) is 12.1 Å². The maximum Gasteiger partial charge on any atom is 0.248 e. The number of nitrogens with two attached hydrogens (primary N) is 1. The van der Waals surface area contributed by atoms with Crippen LogP contribution in [0, 0.1) is 6.92 Å². The lowest BCUT2D eigenvalue weighted by Crippen LogP contribution is -2.14. The molecule has 1 amide bonds. The van der Waals surface area contributed by atoms with Crippen molar-refractivity contribution in [3.8, 4) is 0 Å². The SMILES string of the molecule is CC(=O)c1cc(C(N)=O)cc(Cc2ccccc2)c1C. The maximum absolute atomic E-state index is 11.7. The van der Waals surface area contributed by atoms with Crippen LogP contribution in [0.15, 0.2) is 42.5 Å². The van der Waals surface area contributed by atoms with E-state index in [-0.39, 0.29) is 5.78 Å². The fourth-order valence-corrected chi connectivity index (χ4v) is 2.28. The zero-order valence-corrected chi connectivity index (χ0v) is 11.6. The minimum atomic E-state index is -0.512. The van der Waals surface area contributed by atoms with Crippen LogP contribution in [-0.4, -0.2) is 11.7 Å². The molecule has 0 aliphatic carbocycles. The van der Waals surface area contributed by atoms with E-state index < -0.39 is 5.91 Å². The van der Waals surface area contributed by atoms with E-state index in [1.807, 2.05) is 37.3 Å². The molecule has 0 atom stereocenters. The van der Waals surface area contributed by atoms with Crippen LogP contribution in [0.25, 0.3) is 0 Å². The van der Waals surface area contributed by atoms with E-state index in [0.29, 0.717) is 17.5 Å². The summed E-state index contributed by atoms with van der Waals surface area (Å²) in [5.74, 6) is -0.568. The molecule has 20 heavy (non-hydrogen) atoms. The Morgan fingerprint density at radius 2 is 1.75 bits per heavy atom. The molecule has 3 heteroatoms. The molecule has 0 fully saturated rings. The highest BCUT2D eigenvalue weighted by Gasteiger charge is 2.13. The van der Waals surface area contributed by atoms with Crippen LogP contribution in [0.3, 0.4) is 0 Å². The maximum atomic E-state index is 11.7. The minimum Gasteiger partial charge on any atom is -0.366 e. The quantitative estimate of drug-likeness (QED) is 0.866. The Morgan fingerprint density at radius 1 is 1.10 bits per heavy atom. The Bertz CT molecular complexity index is 660. The van der Waals surface area contributed by atoms with Gasteiger partial charge in [0.1, 0.15) is 0 Å². The number of hydrogen-bond donors (Lipinski definition) is 1. The van der Waals surface area contributed by atoms with Gasteiger partial charge in [-0.05, 0) is 49.1 Å². The summed E-state index contributed by atoms with van der Waals surface area (Å²) in [5.41, 5.74) is 9.28. The molecule has 0 saturated heterocycles. The van der Waals surface area contributed by atoms with Crippen molar-refractivity contribution < 1.29 is 9.59 Å². The highest BCUT2D eigenvalue weighted by atomic mass is 16.1. The summed E-state index contributed by atoms with van der Waals surface area (Å²) in [6, 6.07) is 13.3. The molecule has 2 N–H and O–H groups in total. The van der Waals surface area contributed by atoms with Gasteiger partial charge in [0.25, 0.3) is 0 Å². The number of primary amides is 1. The van der Waals surface area contributed by atoms with Gasteiger partial charge in [-0.3, -0.25) is 9.59 Å². The zero-order chi connectivity index (χ0) is 14.7. The Morgan fingerprint density at radius 3 is 2.30 bits per heavy atom. The highest BCUT2D eigenvalue weighted by Crippen LogP contribution is 2.21. The monoisotopic (exact) mass is 267 g/mol. The molecule has 2 aromatic carbocycles. The average molecular weight is 267 g/mol. The number of amides is 1. The number of carbonyl (C=O) groups excluding carboxylic acids is 2. The number of ketones is 1. The summed E-state index contributed by atoms with van der Waals surface area (Å²) >= 11 is 0. The molecule has 0 unspecified atom stereocenters. The van der Waals surface area contributed by atoms with E-state index in [4.69, 9.17) is 5.73 Å². The molecule has 0 aliphatic heterocycles. The predicted octanol–water partition coefficient (Wildman–Crippen LogP) is 2.89. The molecule has 2 rings (SSSR count). The lowest BCUT2D eigenvalue weighted by molar-refractivity contribution is 0.1000. The Kier molecular flexibility index (Phi) is 3.99. The van der Waals surface area contributed by atoms with E-state index >= 15 is 0 Å². The molecule has 0 radical (unpaired) electrons. The Labute approximate surface area is 118 Å². The van der Waals surface area contributed by atoms with Crippen LogP contribution in [0.4, 0.5) is 0 Å². The fourth-order valence-electron chi connectivity index (χ4n) is 2.28. The molecule has 0 aromatic heterocycles. The zero-order valence-electron chi connectivity index (χ0n) is 11.6. The van der Waals surface area contributed by atoms with E-state index in [1.165, 1.54) is 6.92 Å². The van der Waals surface area contributed by atoms with Crippen LogP contribution < -0.4 is 5.73 Å². The summed E-state index contributed by atoms with van der Waals surface area (Å²) in [4.78, 5) is 23.1. The first-order valence-corrected chi connectivity index (χ1v) is 6.47. The number of Topliss-reactive ketones (excluding diaryl/α,β-unsaturated/α-hetero) is 1. The van der Waals surface area contributed by atoms with E-state index in [0.717, 1.165) is 16.7 Å². The number of benzene rings is 2. The van der Waals surface area contributed by atoms with Crippen LogP contribution in [-0.2, 0) is 6.42 Å². The second kappa shape index (κ2) is 5.70. The fraction of sp³-hybridized carbons (Fsp3) is 0.176. The third-order valence-electron chi connectivity index (χ3n) is 3.42. The molecular weight excluding hydrogens is 250 g/mol. The molecular formula is C17H17NO2. The first kappa shape index (κ1) is 14.0. The third-order valence-corrected chi connectivity index (χ3v) is 3.42. The minimum absolute atomic E-state index is 0.0556. The normalized spacial score (nSPS) is 10.3. The third kappa shape index (κ3) is 2.94. The predicted molar refractivity (Wildman–Crippen MR) is 78.9 cm³/mol. The van der Waals surface area contributed by atoms with Gasteiger partial charge < -0.3 is 5.73 Å². The van der Waals surface area contributed by atoms with Gasteiger partial charge in [0, 0.05) is 11.1 Å². The molecule has 0 saturated carbocycles. The van der Waals surface area contributed by atoms with Gasteiger partial charge in [0.05, 0.1) is 0 Å². The Hall–Kier alpha value is -2.42. The summed E-state index contributed by atoms with van der Waals surface area (Å²) in [6.45, 7) is 3.40. The van der Waals surface area contributed by atoms with Crippen LogP contribution in [0.1, 0.15) is 44.3 Å². The second-order valence-corrected chi connectivity index (χ2v) is 4.89. The van der Waals surface area contributed by atoms with Gasteiger partial charge in [-0.15, -0.1) is 0 Å². The van der Waals surface area contributed by atoms with Gasteiger partial charge in [-0.25, -0.2) is 0 Å². The van der Waals surface area contributed by atoms with Gasteiger partial charge in [0.2, 0.25) is 5.91 Å². The molecule has 102 valence electrons. The molecule has 0 spiro atoms. The van der Waals surface area contributed by atoms with Crippen molar-refractivity contribution in [2.45, 2.75) is 20.3 Å². The van der Waals surface area contributed by atoms with Crippen molar-refractivity contribution in [2.75, 3.05) is 0 Å². The van der Waals surface area contributed by atoms with Crippen LogP contribution in [0.2, 0.25) is 0 Å². The number of hydrogen-bond acceptors (Lipinski definition) is 2. The summed E-state index contributed by atoms with van der Waals surface area (Å²) in [5, 5.41) is 0. The van der Waals surface area contributed by atoms with E-state index in [2.05, 4.69) is 0 Å². The van der Waals surface area contributed by atoms with Gasteiger partial charge >= 0.3 is 0 Å². The standard InChI is InChI=1S/C17H17NO2/c1-11-14(8-13-6-4-3-5-7-13)9-15(17(18)20)10-16(11)12(2)19/h3-7,9-10H,8H2,1-2H3,(H2,18,20). The van der Waals surface area contributed by atoms with Crippen LogP contribution >= 0.6 is 0 Å². The number of rotatable bonds is 4. The lowest BCUT2D eigenvalue weighted by atomic mass is 9.92. The first-order chi connectivity index (χ1) is 9.49. The second-order valence-electron chi connectivity index (χ2n) is 4.89. The molecule has 0 bridgehead atoms. The van der Waals surface area contributed by atoms with E-state index in [9.17, 15) is 9.59 Å². The van der Waals surface area contributed by atoms with Crippen LogP contribution in [0.5, 0.6) is 0 Å². The van der Waals surface area contributed by atoms with Crippen molar-refractivity contribution in [1.29, 1.82) is 0 Å². The highest BCUT2D eigenvalue weighted by molar-refractivity contribution is 6.00. The topological polar surface area (TPSA) is 60.2 Å². The molecule has 3 nitrogen and oxygen atoms in total. The average Bonchev–Trinajstić information content (AvgIpc) is 2.41. The largest absolute Gasteiger partial charge is 0.366 e. The smallest absolute Gasteiger partial charge is 0.248 e. The van der Waals surface area contributed by atoms with Gasteiger partial charge in [-0.2, -0.15) is 0 Å². The summed E-state index contributed by atoms with van der Waals surface area (Å²) < 4.78 is 0.